The average molecular weight is 614 g/mol. The molecular weight excluding hydrogens is 579 g/mol. The minimum atomic E-state index is -0.206. The molecule has 0 bridgehead atoms. The summed E-state index contributed by atoms with van der Waals surface area (Å²) in [6.45, 7) is 2.95. The second kappa shape index (κ2) is 11.6. The summed E-state index contributed by atoms with van der Waals surface area (Å²) in [7, 11) is 6.12. The molecule has 2 N–H and O–H groups in total. The molecule has 0 radical (unpaired) electrons. The number of nitrogens with zero attached hydrogens (tertiary/aromatic N) is 6. The number of alkyl halides is 1. The standard InChI is InChI=1S/C27H34IN8O/c1-34(2)12-13-35(3)25-9-7-21(17-30-25)31-27(37)26-23-15-19(6-8-24(23)32-33-26)20-14-22(18-29-16-20)36-11-5-4-10-28-36/h6-9,14,16-18,23,32H,4-5,10-13,15H2,1-3H3,(H,31,37)/q-1. The molecule has 37 heavy (non-hydrogen) atoms. The molecule has 1 aliphatic carbocycles. The number of hydrogen-bond donors (Lipinski definition) is 2. The van der Waals surface area contributed by atoms with E-state index in [1.807, 2.05) is 37.7 Å². The summed E-state index contributed by atoms with van der Waals surface area (Å²) in [6, 6.07) is 6.07. The molecule has 2 aromatic rings. The van der Waals surface area contributed by atoms with Gasteiger partial charge in [-0.05, 0) is 20.2 Å². The van der Waals surface area contributed by atoms with Crippen molar-refractivity contribution in [2.75, 3.05) is 58.5 Å². The van der Waals surface area contributed by atoms with Crippen molar-refractivity contribution in [3.05, 3.63) is 60.2 Å². The van der Waals surface area contributed by atoms with Gasteiger partial charge < -0.3 is 9.80 Å². The number of allylic oxidation sites excluding steroid dienone is 4. The average Bonchev–Trinajstić information content (AvgIpc) is 3.36. The zero-order valence-corrected chi connectivity index (χ0v) is 23.8. The van der Waals surface area contributed by atoms with Crippen molar-refractivity contribution in [1.82, 2.24) is 20.3 Å². The van der Waals surface area contributed by atoms with E-state index in [4.69, 9.17) is 0 Å². The van der Waals surface area contributed by atoms with E-state index >= 15 is 0 Å². The molecule has 1 atom stereocenters. The molecule has 1 saturated heterocycles. The van der Waals surface area contributed by atoms with Crippen molar-refractivity contribution in [3.8, 4) is 0 Å². The monoisotopic (exact) mass is 613 g/mol. The maximum absolute atomic E-state index is 13.2. The molecule has 1 amide bonds. The molecular formula is C27H34IN8O-. The van der Waals surface area contributed by atoms with Crippen LogP contribution in [-0.2, 0) is 4.79 Å². The van der Waals surface area contributed by atoms with Crippen LogP contribution in [0.2, 0.25) is 0 Å². The number of carbonyl (C=O) groups excluding carboxylic acids is 1. The Hall–Kier alpha value is -2.99. The van der Waals surface area contributed by atoms with Crippen LogP contribution < -0.4 is 40.2 Å². The number of likely N-dealkylation sites (N-methyl/N-ethyl adjacent to an activating group) is 2. The van der Waals surface area contributed by atoms with Gasteiger partial charge in [0.05, 0.1) is 0 Å². The van der Waals surface area contributed by atoms with E-state index in [0.29, 0.717) is 17.8 Å². The van der Waals surface area contributed by atoms with Gasteiger partial charge in [-0.25, -0.2) is 4.98 Å². The molecule has 196 valence electrons. The summed E-state index contributed by atoms with van der Waals surface area (Å²) in [5.41, 5.74) is 8.68. The number of carbonyl (C=O) groups is 1. The van der Waals surface area contributed by atoms with Crippen LogP contribution in [0.15, 0.2) is 59.7 Å². The summed E-state index contributed by atoms with van der Waals surface area (Å²) >= 11 is 0.0472. The van der Waals surface area contributed by atoms with Crippen LogP contribution in [0.3, 0.4) is 0 Å². The number of aromatic nitrogens is 2. The number of rotatable bonds is 8. The van der Waals surface area contributed by atoms with Crippen LogP contribution in [0.4, 0.5) is 17.2 Å². The van der Waals surface area contributed by atoms with Crippen molar-refractivity contribution in [1.29, 1.82) is 0 Å². The molecule has 0 spiro atoms. The SMILES string of the molecule is CN(C)CCN(C)c1ccc(NC(=O)C2=NNC3=CC=C(c4cncc(N5CCCC[I-]5)c4)CC32)cn1. The van der Waals surface area contributed by atoms with Crippen molar-refractivity contribution in [3.63, 3.8) is 0 Å². The first-order valence-electron chi connectivity index (χ1n) is 12.7. The predicted octanol–water partition coefficient (Wildman–Crippen LogP) is -0.0363. The summed E-state index contributed by atoms with van der Waals surface area (Å²) in [5, 5.41) is 7.36. The van der Waals surface area contributed by atoms with Crippen molar-refractivity contribution in [2.24, 2.45) is 11.0 Å². The summed E-state index contributed by atoms with van der Waals surface area (Å²) < 4.78 is 3.87. The third-order valence-electron chi connectivity index (χ3n) is 6.75. The Labute approximate surface area is 229 Å². The number of pyridine rings is 2. The van der Waals surface area contributed by atoms with E-state index in [1.54, 1.807) is 6.20 Å². The third kappa shape index (κ3) is 6.12. The molecule has 4 heterocycles. The number of nitrogens with one attached hydrogen (secondary N) is 2. The molecule has 0 aromatic carbocycles. The van der Waals surface area contributed by atoms with E-state index < -0.39 is 0 Å². The number of amides is 1. The van der Waals surface area contributed by atoms with Gasteiger partial charge in [-0.15, -0.1) is 0 Å². The first-order valence-corrected chi connectivity index (χ1v) is 15.2. The maximum atomic E-state index is 13.2. The Morgan fingerprint density at radius 3 is 2.81 bits per heavy atom. The minimum Gasteiger partial charge on any atom is -0.237 e. The van der Waals surface area contributed by atoms with Crippen molar-refractivity contribution < 1.29 is 26.3 Å². The molecule has 1 unspecified atom stereocenters. The molecule has 9 nitrogen and oxygen atoms in total. The minimum absolute atomic E-state index is 0.0472. The quantitative estimate of drug-likeness (QED) is 0.246. The number of halogens is 1. The number of hydrogen-bond acceptors (Lipinski definition) is 8. The second-order valence-electron chi connectivity index (χ2n) is 9.80. The Morgan fingerprint density at radius 1 is 1.16 bits per heavy atom. The first kappa shape index (κ1) is 25.7. The smallest absolute Gasteiger partial charge is 0.237 e. The van der Waals surface area contributed by atoms with Gasteiger partial charge in [-0.1, -0.05) is 0 Å². The van der Waals surface area contributed by atoms with Crippen molar-refractivity contribution in [2.45, 2.75) is 19.3 Å². The number of hydrazone groups is 1. The first-order chi connectivity index (χ1) is 18.0. The van der Waals surface area contributed by atoms with E-state index in [2.05, 4.69) is 65.0 Å². The van der Waals surface area contributed by atoms with Gasteiger partial charge in [0.1, 0.15) is 5.82 Å². The summed E-state index contributed by atoms with van der Waals surface area (Å²) in [6.07, 6.45) is 13.1. The molecule has 10 heteroatoms. The topological polar surface area (TPSA) is 89.0 Å². The zero-order valence-electron chi connectivity index (χ0n) is 21.6. The van der Waals surface area contributed by atoms with Crippen LogP contribution in [0.25, 0.3) is 5.57 Å². The van der Waals surface area contributed by atoms with Crippen LogP contribution in [0, 0.1) is 5.92 Å². The van der Waals surface area contributed by atoms with Crippen LogP contribution in [0.5, 0.6) is 0 Å². The van der Waals surface area contributed by atoms with Gasteiger partial charge in [0, 0.05) is 20.1 Å². The van der Waals surface area contributed by atoms with Gasteiger partial charge >= 0.3 is 169 Å². The van der Waals surface area contributed by atoms with Crippen LogP contribution >= 0.6 is 0 Å². The number of anilines is 3. The molecule has 5 rings (SSSR count). The van der Waals surface area contributed by atoms with E-state index in [1.165, 1.54) is 28.5 Å². The fraction of sp³-hybridized carbons (Fsp3) is 0.407. The van der Waals surface area contributed by atoms with E-state index in [0.717, 1.165) is 36.7 Å². The van der Waals surface area contributed by atoms with Gasteiger partial charge in [-0.3, -0.25) is 0 Å². The van der Waals surface area contributed by atoms with Crippen LogP contribution in [-0.4, -0.2) is 71.7 Å². The normalized spacial score (nSPS) is 19.2. The molecule has 0 saturated carbocycles. The molecule has 1 fully saturated rings. The Morgan fingerprint density at radius 2 is 2.05 bits per heavy atom. The molecule has 2 aromatic heterocycles. The van der Waals surface area contributed by atoms with Gasteiger partial charge in [0.15, 0.2) is 0 Å². The zero-order chi connectivity index (χ0) is 25.8. The van der Waals surface area contributed by atoms with Crippen molar-refractivity contribution >= 4 is 34.4 Å². The fourth-order valence-electron chi connectivity index (χ4n) is 4.54. The molecule has 3 aliphatic rings. The van der Waals surface area contributed by atoms with Gasteiger partial charge in [-0.2, -0.15) is 0 Å². The van der Waals surface area contributed by atoms with E-state index in [9.17, 15) is 4.79 Å². The van der Waals surface area contributed by atoms with Crippen LogP contribution in [0.1, 0.15) is 24.8 Å². The second-order valence-corrected chi connectivity index (χ2v) is 12.7. The summed E-state index contributed by atoms with van der Waals surface area (Å²) in [5.74, 6) is 0.563. The fourth-order valence-corrected chi connectivity index (χ4v) is 7.34. The van der Waals surface area contributed by atoms with Gasteiger partial charge in [0.25, 0.3) is 0 Å². The third-order valence-corrected chi connectivity index (χ3v) is 9.86. The van der Waals surface area contributed by atoms with E-state index in [-0.39, 0.29) is 33.3 Å². The Balaban J connectivity index is 1.23. The Bertz CT molecular complexity index is 1220. The Kier molecular flexibility index (Phi) is 8.04. The number of fused-ring (bicyclic) bond motifs is 1. The summed E-state index contributed by atoms with van der Waals surface area (Å²) in [4.78, 5) is 26.5. The predicted molar refractivity (Wildman–Crippen MR) is 145 cm³/mol. The molecule has 2 aliphatic heterocycles. The van der Waals surface area contributed by atoms with Gasteiger partial charge in [0.2, 0.25) is 0 Å².